The van der Waals surface area contributed by atoms with Gasteiger partial charge >= 0.3 is 11.0 Å². The monoisotopic (exact) mass is 750 g/mol. The molecule has 0 aliphatic carbocycles. The molecular weight excluding hydrogens is 735 g/mol. The number of rotatable bonds is 7. The maximum Gasteiger partial charge on any atom is 0.498 e. The fourth-order valence-corrected chi connectivity index (χ4v) is 12.8. The van der Waals surface area contributed by atoms with Crippen LogP contribution in [0.5, 0.6) is 0 Å². The Morgan fingerprint density at radius 3 is 0.976 bits per heavy atom. The highest BCUT2D eigenvalue weighted by atomic mass is 32.3. The molecule has 234 valence electrons. The lowest BCUT2D eigenvalue weighted by Crippen LogP contribution is -2.29. The molecule has 0 amide bonds. The maximum atomic E-state index is 12.0. The van der Waals surface area contributed by atoms with Crippen molar-refractivity contribution in [3.63, 3.8) is 0 Å². The van der Waals surface area contributed by atoms with Crippen LogP contribution in [0.4, 0.5) is 26.3 Å². The number of sulfone groups is 5. The van der Waals surface area contributed by atoms with Gasteiger partial charge in [-0.25, -0.2) is 42.1 Å². The summed E-state index contributed by atoms with van der Waals surface area (Å²) in [4.78, 5) is 0. The zero-order valence-electron chi connectivity index (χ0n) is 19.7. The van der Waals surface area contributed by atoms with Crippen molar-refractivity contribution in [3.8, 4) is 0 Å². The highest BCUT2D eigenvalue weighted by Gasteiger charge is 2.49. The Bertz CT molecular complexity index is 1700. The van der Waals surface area contributed by atoms with E-state index in [-0.39, 0.29) is 0 Å². The molecule has 0 saturated heterocycles. The zero-order valence-corrected chi connectivity index (χ0v) is 26.3. The summed E-state index contributed by atoms with van der Waals surface area (Å²) in [6.45, 7) is 0. The third-order valence-corrected chi connectivity index (χ3v) is 17.8. The average Bonchev–Trinajstić information content (AvgIpc) is 3.56. The second kappa shape index (κ2) is 13.4. The summed E-state index contributed by atoms with van der Waals surface area (Å²) in [5.41, 5.74) is -11.1. The Morgan fingerprint density at radius 2 is 0.805 bits per heavy atom. The van der Waals surface area contributed by atoms with Crippen LogP contribution in [0.15, 0.2) is 65.2 Å². The lowest BCUT2D eigenvalue weighted by atomic mass is 10.7. The average molecular weight is 751 g/mol. The van der Waals surface area contributed by atoms with Crippen LogP contribution in [-0.2, 0) is 49.2 Å². The SMILES string of the molecule is CS(=O)(=O)c1cccs1.O=S(=O)(CS(=O)(=O)C(F)(F)F)c1cccs1.O=S(=O)(CS(=O)(=O)C(F)(F)F)c1cccs1. The molecule has 0 fully saturated rings. The summed E-state index contributed by atoms with van der Waals surface area (Å²) in [7, 11) is -23.2. The summed E-state index contributed by atoms with van der Waals surface area (Å²) >= 11 is 2.56. The van der Waals surface area contributed by atoms with Crippen LogP contribution in [0, 0.1) is 0 Å². The molecule has 0 saturated carbocycles. The predicted molar refractivity (Wildman–Crippen MR) is 140 cm³/mol. The first-order valence-electron chi connectivity index (χ1n) is 9.57. The Labute approximate surface area is 242 Å². The van der Waals surface area contributed by atoms with Gasteiger partial charge in [-0.15, -0.1) is 34.0 Å². The molecule has 0 aliphatic rings. The number of hydrogen-bond donors (Lipinski definition) is 0. The van der Waals surface area contributed by atoms with Crippen molar-refractivity contribution in [2.24, 2.45) is 0 Å². The predicted octanol–water partition coefficient (Wildman–Crippen LogP) is 3.98. The van der Waals surface area contributed by atoms with Gasteiger partial charge in [-0.1, -0.05) is 18.2 Å². The Kier molecular flexibility index (Phi) is 12.2. The number of hydrogen-bond acceptors (Lipinski definition) is 13. The van der Waals surface area contributed by atoms with E-state index in [1.165, 1.54) is 40.5 Å². The summed E-state index contributed by atoms with van der Waals surface area (Å²) in [5.74, 6) is 0. The quantitative estimate of drug-likeness (QED) is 0.322. The van der Waals surface area contributed by atoms with Crippen molar-refractivity contribution in [3.05, 3.63) is 52.5 Å². The number of alkyl halides is 6. The van der Waals surface area contributed by atoms with E-state index in [0.717, 1.165) is 12.1 Å². The van der Waals surface area contributed by atoms with E-state index in [0.29, 0.717) is 26.9 Å². The minimum absolute atomic E-state index is 0.402. The smallest absolute Gasteiger partial charge is 0.223 e. The second-order valence-electron chi connectivity index (χ2n) is 7.15. The fourth-order valence-electron chi connectivity index (χ4n) is 2.01. The molecular formula is C17H16F6O10S8. The summed E-state index contributed by atoms with van der Waals surface area (Å²) in [6, 6.07) is 8.02. The Balaban J connectivity index is 0.000000320. The molecule has 3 aromatic rings. The normalized spacial score (nSPS) is 13.4. The molecule has 0 aromatic carbocycles. The van der Waals surface area contributed by atoms with Gasteiger partial charge in [0.25, 0.3) is 19.7 Å². The van der Waals surface area contributed by atoms with Crippen molar-refractivity contribution in [1.82, 2.24) is 0 Å². The molecule has 3 aromatic heterocycles. The van der Waals surface area contributed by atoms with E-state index in [9.17, 15) is 68.4 Å². The van der Waals surface area contributed by atoms with E-state index >= 15 is 0 Å². The fraction of sp³-hybridized carbons (Fsp3) is 0.294. The van der Waals surface area contributed by atoms with Crippen LogP contribution in [0.3, 0.4) is 0 Å². The molecule has 41 heavy (non-hydrogen) atoms. The molecule has 0 spiro atoms. The van der Waals surface area contributed by atoms with Crippen LogP contribution in [-0.4, -0.2) is 69.5 Å². The Morgan fingerprint density at radius 1 is 0.537 bits per heavy atom. The van der Waals surface area contributed by atoms with Gasteiger partial charge in [-0.05, 0) is 34.3 Å². The van der Waals surface area contributed by atoms with Gasteiger partial charge in [-0.2, -0.15) is 26.3 Å². The van der Waals surface area contributed by atoms with Gasteiger partial charge in [0.15, 0.2) is 20.0 Å². The van der Waals surface area contributed by atoms with E-state index in [1.807, 2.05) is 0 Å². The molecule has 3 heterocycles. The second-order valence-corrected chi connectivity index (χ2v) is 21.4. The first-order chi connectivity index (χ1) is 18.2. The molecule has 0 N–H and O–H groups in total. The first-order valence-corrected chi connectivity index (χ1v) is 20.7. The molecule has 0 unspecified atom stereocenters. The van der Waals surface area contributed by atoms with E-state index in [2.05, 4.69) is 0 Å². The molecule has 24 heteroatoms. The summed E-state index contributed by atoms with van der Waals surface area (Å²) in [5, 5.41) is 0.491. The highest BCUT2D eigenvalue weighted by Crippen LogP contribution is 2.29. The van der Waals surface area contributed by atoms with Crippen molar-refractivity contribution in [2.75, 3.05) is 16.4 Å². The molecule has 0 atom stereocenters. The van der Waals surface area contributed by atoms with Crippen molar-refractivity contribution >= 4 is 83.2 Å². The Hall–Kier alpha value is -1.57. The molecule has 10 nitrogen and oxygen atoms in total. The lowest BCUT2D eigenvalue weighted by Gasteiger charge is -2.07. The third kappa shape index (κ3) is 11.2. The van der Waals surface area contributed by atoms with Crippen molar-refractivity contribution < 1.29 is 68.4 Å². The molecule has 0 aliphatic heterocycles. The van der Waals surface area contributed by atoms with Crippen molar-refractivity contribution in [2.45, 2.75) is 23.6 Å². The number of halogens is 6. The van der Waals surface area contributed by atoms with Crippen LogP contribution in [0.1, 0.15) is 0 Å². The molecule has 0 radical (unpaired) electrons. The molecule has 3 rings (SSSR count). The lowest BCUT2D eigenvalue weighted by molar-refractivity contribution is -0.0437. The standard InChI is InChI=1S/2C6H5F3O4S3.C5H6O2S2/c2*7-6(8,9)16(12,13)4-15(10,11)5-2-1-3-14-5;1-9(6,7)5-3-2-4-8-5/h2*1-3H,4H2;2-4H,1H3. The topological polar surface area (TPSA) is 171 Å². The van der Waals surface area contributed by atoms with E-state index in [4.69, 9.17) is 0 Å². The van der Waals surface area contributed by atoms with Gasteiger partial charge < -0.3 is 0 Å². The van der Waals surface area contributed by atoms with Crippen LogP contribution in [0.25, 0.3) is 0 Å². The third-order valence-electron chi connectivity index (χ3n) is 3.79. The van der Waals surface area contributed by atoms with Gasteiger partial charge in [0, 0.05) is 6.26 Å². The molecule has 0 bridgehead atoms. The van der Waals surface area contributed by atoms with Gasteiger partial charge in [0.1, 0.15) is 12.6 Å². The first kappa shape index (κ1) is 37.5. The van der Waals surface area contributed by atoms with Gasteiger partial charge in [0.05, 0.1) is 0 Å². The zero-order chi connectivity index (χ0) is 32.1. The van der Waals surface area contributed by atoms with Crippen LogP contribution >= 0.6 is 34.0 Å². The summed E-state index contributed by atoms with van der Waals surface area (Å²) in [6.07, 6.45) is 1.21. The minimum Gasteiger partial charge on any atom is -0.223 e. The highest BCUT2D eigenvalue weighted by molar-refractivity contribution is 8.09. The van der Waals surface area contributed by atoms with Crippen LogP contribution < -0.4 is 0 Å². The maximum absolute atomic E-state index is 12.0. The number of thiophene rings is 3. The van der Waals surface area contributed by atoms with Crippen LogP contribution in [0.2, 0.25) is 0 Å². The van der Waals surface area contributed by atoms with Gasteiger partial charge in [-0.3, -0.25) is 0 Å². The largest absolute Gasteiger partial charge is 0.498 e. The van der Waals surface area contributed by atoms with Crippen molar-refractivity contribution in [1.29, 1.82) is 0 Å². The van der Waals surface area contributed by atoms with E-state index in [1.54, 1.807) is 17.5 Å². The minimum atomic E-state index is -5.66. The van der Waals surface area contributed by atoms with E-state index < -0.39 is 78.8 Å². The van der Waals surface area contributed by atoms with Gasteiger partial charge in [0.2, 0.25) is 19.7 Å². The summed E-state index contributed by atoms with van der Waals surface area (Å²) < 4.78 is 181.